The van der Waals surface area contributed by atoms with Crippen molar-refractivity contribution in [2.24, 2.45) is 11.8 Å². The number of rotatable bonds is 3. The number of likely N-dealkylation sites (tertiary alicyclic amines) is 1. The van der Waals surface area contributed by atoms with Gasteiger partial charge in [-0.05, 0) is 31.1 Å². The highest BCUT2D eigenvalue weighted by Gasteiger charge is 2.23. The van der Waals surface area contributed by atoms with Crippen molar-refractivity contribution >= 4 is 5.91 Å². The summed E-state index contributed by atoms with van der Waals surface area (Å²) in [4.78, 5) is 13.8. The number of hydrogen-bond donors (Lipinski definition) is 0. The number of amides is 1. The number of nitrogens with zero attached hydrogens (tertiary/aromatic N) is 1. The van der Waals surface area contributed by atoms with Gasteiger partial charge in [0.05, 0.1) is 0 Å². The summed E-state index contributed by atoms with van der Waals surface area (Å²) < 4.78 is 0. The van der Waals surface area contributed by atoms with Crippen LogP contribution in [0.25, 0.3) is 0 Å². The van der Waals surface area contributed by atoms with Gasteiger partial charge in [0, 0.05) is 19.5 Å². The standard InChI is InChI=1S/C13H25NO/c1-4-6-12-8-7-11(3)9-14(10-12)13(15)5-2/h11-12H,4-10H2,1-3H3. The van der Waals surface area contributed by atoms with E-state index in [4.69, 9.17) is 0 Å². The summed E-state index contributed by atoms with van der Waals surface area (Å²) in [5.41, 5.74) is 0. The summed E-state index contributed by atoms with van der Waals surface area (Å²) in [5.74, 6) is 1.77. The van der Waals surface area contributed by atoms with Crippen molar-refractivity contribution in [1.82, 2.24) is 4.90 Å². The van der Waals surface area contributed by atoms with Gasteiger partial charge in [0.2, 0.25) is 5.91 Å². The minimum Gasteiger partial charge on any atom is -0.342 e. The molecule has 1 aliphatic rings. The van der Waals surface area contributed by atoms with E-state index in [9.17, 15) is 4.79 Å². The second kappa shape index (κ2) is 6.14. The second-order valence-corrected chi connectivity index (χ2v) is 4.99. The molecule has 1 fully saturated rings. The van der Waals surface area contributed by atoms with Crippen molar-refractivity contribution < 1.29 is 4.79 Å². The summed E-state index contributed by atoms with van der Waals surface area (Å²) in [6, 6.07) is 0. The van der Waals surface area contributed by atoms with Gasteiger partial charge in [-0.2, -0.15) is 0 Å². The molecule has 0 radical (unpaired) electrons. The quantitative estimate of drug-likeness (QED) is 0.702. The first kappa shape index (κ1) is 12.5. The van der Waals surface area contributed by atoms with Crippen LogP contribution in [0.2, 0.25) is 0 Å². The zero-order valence-electron chi connectivity index (χ0n) is 10.5. The van der Waals surface area contributed by atoms with Gasteiger partial charge in [-0.1, -0.05) is 27.2 Å². The van der Waals surface area contributed by atoms with Crippen molar-refractivity contribution in [2.45, 2.75) is 52.9 Å². The first-order valence-electron chi connectivity index (χ1n) is 6.45. The summed E-state index contributed by atoms with van der Waals surface area (Å²) in [6.45, 7) is 8.45. The van der Waals surface area contributed by atoms with Crippen LogP contribution >= 0.6 is 0 Å². The molecule has 0 saturated carbocycles. The van der Waals surface area contributed by atoms with Gasteiger partial charge in [0.1, 0.15) is 0 Å². The minimum atomic E-state index is 0.338. The van der Waals surface area contributed by atoms with Crippen molar-refractivity contribution in [3.05, 3.63) is 0 Å². The Morgan fingerprint density at radius 3 is 2.60 bits per heavy atom. The van der Waals surface area contributed by atoms with E-state index in [0.29, 0.717) is 18.2 Å². The Balaban J connectivity index is 2.56. The predicted octanol–water partition coefficient (Wildman–Crippen LogP) is 3.07. The van der Waals surface area contributed by atoms with E-state index in [1.54, 1.807) is 0 Å². The summed E-state index contributed by atoms with van der Waals surface area (Å²) in [7, 11) is 0. The molecule has 2 heteroatoms. The Kier molecular flexibility index (Phi) is 5.13. The van der Waals surface area contributed by atoms with Gasteiger partial charge in [0.25, 0.3) is 0 Å². The fraction of sp³-hybridized carbons (Fsp3) is 0.923. The minimum absolute atomic E-state index is 0.338. The topological polar surface area (TPSA) is 20.3 Å². The Hall–Kier alpha value is -0.530. The monoisotopic (exact) mass is 211 g/mol. The molecule has 0 aromatic carbocycles. The predicted molar refractivity (Wildman–Crippen MR) is 63.7 cm³/mol. The molecular weight excluding hydrogens is 186 g/mol. The molecule has 1 saturated heterocycles. The zero-order chi connectivity index (χ0) is 11.3. The van der Waals surface area contributed by atoms with Crippen LogP contribution in [0.4, 0.5) is 0 Å². The van der Waals surface area contributed by atoms with Gasteiger partial charge in [-0.3, -0.25) is 4.79 Å². The van der Waals surface area contributed by atoms with Crippen LogP contribution in [0.3, 0.4) is 0 Å². The Bertz CT molecular complexity index is 203. The van der Waals surface area contributed by atoms with Gasteiger partial charge >= 0.3 is 0 Å². The van der Waals surface area contributed by atoms with Crippen LogP contribution in [-0.4, -0.2) is 23.9 Å². The maximum atomic E-state index is 11.7. The van der Waals surface area contributed by atoms with E-state index in [1.807, 2.05) is 6.92 Å². The normalized spacial score (nSPS) is 27.5. The molecular formula is C13H25NO. The molecule has 15 heavy (non-hydrogen) atoms. The first-order chi connectivity index (χ1) is 7.17. The van der Waals surface area contributed by atoms with E-state index in [-0.39, 0.29) is 0 Å². The van der Waals surface area contributed by atoms with Gasteiger partial charge in [0.15, 0.2) is 0 Å². The van der Waals surface area contributed by atoms with E-state index >= 15 is 0 Å². The van der Waals surface area contributed by atoms with Crippen molar-refractivity contribution in [2.75, 3.05) is 13.1 Å². The number of carbonyl (C=O) groups is 1. The van der Waals surface area contributed by atoms with Crippen LogP contribution in [0.15, 0.2) is 0 Å². The maximum absolute atomic E-state index is 11.7. The van der Waals surface area contributed by atoms with Crippen LogP contribution in [0.5, 0.6) is 0 Å². The van der Waals surface area contributed by atoms with Gasteiger partial charge < -0.3 is 4.90 Å². The van der Waals surface area contributed by atoms with E-state index in [0.717, 1.165) is 19.0 Å². The molecule has 0 bridgehead atoms. The lowest BCUT2D eigenvalue weighted by atomic mass is 9.96. The van der Waals surface area contributed by atoms with E-state index in [1.165, 1.54) is 25.7 Å². The molecule has 2 unspecified atom stereocenters. The largest absolute Gasteiger partial charge is 0.342 e. The average molecular weight is 211 g/mol. The third-order valence-electron chi connectivity index (χ3n) is 3.43. The number of hydrogen-bond acceptors (Lipinski definition) is 1. The summed E-state index contributed by atoms with van der Waals surface area (Å²) >= 11 is 0. The lowest BCUT2D eigenvalue weighted by Crippen LogP contribution is -2.35. The number of carbonyl (C=O) groups excluding carboxylic acids is 1. The van der Waals surface area contributed by atoms with Crippen LogP contribution in [0.1, 0.15) is 52.9 Å². The van der Waals surface area contributed by atoms with Gasteiger partial charge in [-0.25, -0.2) is 0 Å². The molecule has 2 atom stereocenters. The molecule has 0 aliphatic carbocycles. The molecule has 1 aliphatic heterocycles. The molecule has 0 aromatic rings. The van der Waals surface area contributed by atoms with Crippen molar-refractivity contribution in [1.29, 1.82) is 0 Å². The highest BCUT2D eigenvalue weighted by Crippen LogP contribution is 2.24. The molecule has 1 amide bonds. The molecule has 0 aromatic heterocycles. The highest BCUT2D eigenvalue weighted by atomic mass is 16.2. The second-order valence-electron chi connectivity index (χ2n) is 4.99. The van der Waals surface area contributed by atoms with Crippen LogP contribution in [0, 0.1) is 11.8 Å². The van der Waals surface area contributed by atoms with E-state index in [2.05, 4.69) is 18.7 Å². The van der Waals surface area contributed by atoms with Gasteiger partial charge in [-0.15, -0.1) is 0 Å². The smallest absolute Gasteiger partial charge is 0.222 e. The molecule has 88 valence electrons. The summed E-state index contributed by atoms with van der Waals surface area (Å²) in [6.07, 6.45) is 5.78. The lowest BCUT2D eigenvalue weighted by Gasteiger charge is -2.25. The fourth-order valence-corrected chi connectivity index (χ4v) is 2.54. The van der Waals surface area contributed by atoms with Crippen LogP contribution in [-0.2, 0) is 4.79 Å². The molecule has 0 N–H and O–H groups in total. The Morgan fingerprint density at radius 2 is 2.00 bits per heavy atom. The SMILES string of the molecule is CCCC1CCC(C)CN(C(=O)CC)C1. The summed E-state index contributed by atoms with van der Waals surface area (Å²) in [5, 5.41) is 0. The first-order valence-corrected chi connectivity index (χ1v) is 6.45. The molecule has 0 spiro atoms. The lowest BCUT2D eigenvalue weighted by molar-refractivity contribution is -0.131. The maximum Gasteiger partial charge on any atom is 0.222 e. The Labute approximate surface area is 94.0 Å². The zero-order valence-corrected chi connectivity index (χ0v) is 10.5. The van der Waals surface area contributed by atoms with Crippen molar-refractivity contribution in [3.63, 3.8) is 0 Å². The van der Waals surface area contributed by atoms with Crippen LogP contribution < -0.4 is 0 Å². The van der Waals surface area contributed by atoms with Crippen molar-refractivity contribution in [3.8, 4) is 0 Å². The third-order valence-corrected chi connectivity index (χ3v) is 3.43. The molecule has 1 heterocycles. The van der Waals surface area contributed by atoms with E-state index < -0.39 is 0 Å². The highest BCUT2D eigenvalue weighted by molar-refractivity contribution is 5.75. The molecule has 2 nitrogen and oxygen atoms in total. The molecule has 1 rings (SSSR count). The fourth-order valence-electron chi connectivity index (χ4n) is 2.54. The average Bonchev–Trinajstić information content (AvgIpc) is 2.40. The Morgan fingerprint density at radius 1 is 1.27 bits per heavy atom. The third kappa shape index (κ3) is 3.84.